The number of aliphatic hydroxyl groups is 1. The zero-order chi connectivity index (χ0) is 79.7. The van der Waals surface area contributed by atoms with E-state index < -0.39 is 181 Å². The van der Waals surface area contributed by atoms with E-state index in [-0.39, 0.29) is 102 Å². The standard InChI is InChI=1S/C73H109N19O16/c1-6-42(4)60(70(106)89-51(34-41(2)3)65(101)85-50(61(77)97)35-44-18-9-7-10-19-44)90-68(104)55(40-93)82-59(96)39-81-63(99)54(38-58(76)95)87-67(103)53(36-45-20-11-8-12-21-45)88-69(105)56-24-16-32-91(56)72(108)57-25-17-33-92(57)71(107)49(22-13-14-30-74)84-64(100)48(23-15-31-80-73(78)79)83-66(102)52(86-62(98)43(5)75)37-46-26-28-47(94)29-27-46/h7-12,18-21,26-29,41-43,48-57,60,93-94H,6,13-17,22-25,30-40,74-75H2,1-5H3,(H2,76,95)(H2,77,97)(H,81,99)(H,82,96)(H,83,102)(H,84,100)(H,85,101)(H,86,98)(H,87,103)(H,88,105)(H,89,106)(H,90,104)(H4,78,79,80). The quantitative estimate of drug-likeness (QED) is 0.0145. The van der Waals surface area contributed by atoms with Crippen molar-refractivity contribution in [3.8, 4) is 5.75 Å². The van der Waals surface area contributed by atoms with E-state index >= 15 is 0 Å². The SMILES string of the molecule is CCC(C)C(NC(=O)C(CO)NC(=O)CNC(=O)C(CC(N)=O)NC(=O)C(Cc1ccccc1)NC(=O)C1CCCN1C(=O)C1CCCN1C(=O)C(CCCCN)NC(=O)C(CCCN=C(N)N)NC(=O)C(Cc1ccc(O)cc1)NC(=O)C(C)N)C(=O)NC(CC(C)C)C(=O)NC(Cc1ccccc1)C(N)=O. The topological polar surface area (TPSA) is 575 Å². The number of guanidine groups is 1. The van der Waals surface area contributed by atoms with Gasteiger partial charge in [-0.05, 0) is 118 Å². The molecule has 13 atom stereocenters. The predicted molar refractivity (Wildman–Crippen MR) is 397 cm³/mol. The Labute approximate surface area is 627 Å². The number of unbranched alkanes of at least 4 members (excludes halogenated alkanes) is 1. The molecule has 3 aromatic rings. The molecular weight excluding hydrogens is 1400 g/mol. The number of phenols is 1. The van der Waals surface area contributed by atoms with Crippen molar-refractivity contribution in [3.63, 3.8) is 0 Å². The number of nitrogens with zero attached hydrogens (tertiary/aromatic N) is 3. The van der Waals surface area contributed by atoms with Crippen molar-refractivity contribution in [2.75, 3.05) is 39.3 Å². The molecule has 0 aliphatic carbocycles. The van der Waals surface area contributed by atoms with E-state index in [1.807, 2.05) is 13.8 Å². The van der Waals surface area contributed by atoms with Gasteiger partial charge in [0.05, 0.1) is 25.6 Å². The Balaban J connectivity index is 1.28. The number of hydrogen-bond acceptors (Lipinski definition) is 19. The van der Waals surface area contributed by atoms with Gasteiger partial charge < -0.3 is 108 Å². The Hall–Kier alpha value is -10.8. The Morgan fingerprint density at radius 3 is 1.58 bits per heavy atom. The molecule has 0 radical (unpaired) electrons. The number of aliphatic imine (C=N–C) groups is 1. The maximum Gasteiger partial charge on any atom is 0.246 e. The van der Waals surface area contributed by atoms with E-state index in [1.165, 1.54) is 28.9 Å². The van der Waals surface area contributed by atoms with Crippen LogP contribution in [0.4, 0.5) is 0 Å². The highest BCUT2D eigenvalue weighted by Gasteiger charge is 2.45. The number of benzene rings is 3. The monoisotopic (exact) mass is 1510 g/mol. The minimum absolute atomic E-state index is 0.0380. The van der Waals surface area contributed by atoms with E-state index in [0.717, 1.165) is 5.56 Å². The van der Waals surface area contributed by atoms with Crippen molar-refractivity contribution in [3.05, 3.63) is 102 Å². The summed E-state index contributed by atoms with van der Waals surface area (Å²) in [6, 6.07) is 7.28. The van der Waals surface area contributed by atoms with Gasteiger partial charge in [-0.2, -0.15) is 0 Å². The smallest absolute Gasteiger partial charge is 0.246 e. The van der Waals surface area contributed by atoms with Gasteiger partial charge in [-0.3, -0.25) is 72.1 Å². The van der Waals surface area contributed by atoms with E-state index in [0.29, 0.717) is 43.2 Å². The first kappa shape index (κ1) is 87.8. The molecular formula is C73H109N19O16. The van der Waals surface area contributed by atoms with Gasteiger partial charge in [0, 0.05) is 38.9 Å². The lowest BCUT2D eigenvalue weighted by Gasteiger charge is -2.34. The largest absolute Gasteiger partial charge is 0.508 e. The van der Waals surface area contributed by atoms with Gasteiger partial charge >= 0.3 is 0 Å². The highest BCUT2D eigenvalue weighted by Crippen LogP contribution is 2.27. The molecule has 0 aromatic heterocycles. The molecule has 0 bridgehead atoms. The number of primary amides is 2. The number of nitrogens with one attached hydrogen (secondary N) is 10. The summed E-state index contributed by atoms with van der Waals surface area (Å²) in [6.45, 7) is 6.96. The molecule has 2 aliphatic heterocycles. The molecule has 0 spiro atoms. The first-order chi connectivity index (χ1) is 51.3. The maximum absolute atomic E-state index is 14.9. The molecule has 108 heavy (non-hydrogen) atoms. The molecule has 35 heteroatoms. The average molecular weight is 1510 g/mol. The van der Waals surface area contributed by atoms with E-state index in [1.54, 1.807) is 86.6 Å². The van der Waals surface area contributed by atoms with Gasteiger partial charge in [-0.15, -0.1) is 0 Å². The fraction of sp³-hybridized carbons (Fsp3) is 0.548. The van der Waals surface area contributed by atoms with Gasteiger partial charge in [0.1, 0.15) is 72.2 Å². The number of rotatable bonds is 44. The highest BCUT2D eigenvalue weighted by atomic mass is 16.3. The third-order valence-electron chi connectivity index (χ3n) is 18.5. The summed E-state index contributed by atoms with van der Waals surface area (Å²) in [5.41, 5.74) is 35.9. The van der Waals surface area contributed by atoms with Crippen molar-refractivity contribution >= 4 is 88.7 Å². The van der Waals surface area contributed by atoms with Crippen molar-refractivity contribution in [1.29, 1.82) is 0 Å². The van der Waals surface area contributed by atoms with Crippen molar-refractivity contribution in [1.82, 2.24) is 63.0 Å². The molecule has 35 nitrogen and oxygen atoms in total. The summed E-state index contributed by atoms with van der Waals surface area (Å²) >= 11 is 0. The van der Waals surface area contributed by atoms with Crippen LogP contribution in [0.5, 0.6) is 5.75 Å². The minimum Gasteiger partial charge on any atom is -0.508 e. The molecule has 2 aliphatic rings. The normalized spacial score (nSPS) is 17.0. The van der Waals surface area contributed by atoms with Gasteiger partial charge in [0.2, 0.25) is 82.7 Å². The number of carbonyl (C=O) groups excluding carboxylic acids is 14. The van der Waals surface area contributed by atoms with Crippen molar-refractivity contribution < 1.29 is 77.3 Å². The molecule has 0 saturated carbocycles. The third-order valence-corrected chi connectivity index (χ3v) is 18.5. The molecule has 592 valence electrons. The summed E-state index contributed by atoms with van der Waals surface area (Å²) in [5, 5.41) is 46.0. The molecule has 3 aromatic carbocycles. The van der Waals surface area contributed by atoms with Crippen molar-refractivity contribution in [2.24, 2.45) is 51.2 Å². The second kappa shape index (κ2) is 44.3. The maximum atomic E-state index is 14.9. The second-order valence-electron chi connectivity index (χ2n) is 27.7. The summed E-state index contributed by atoms with van der Waals surface area (Å²) in [5.74, 6) is -12.8. The van der Waals surface area contributed by atoms with Crippen LogP contribution in [0.1, 0.15) is 128 Å². The van der Waals surface area contributed by atoms with E-state index in [4.69, 9.17) is 34.4 Å². The average Bonchev–Trinajstić information content (AvgIpc) is 1.64. The highest BCUT2D eigenvalue weighted by molar-refractivity contribution is 6.00. The van der Waals surface area contributed by atoms with Crippen LogP contribution in [0.2, 0.25) is 0 Å². The Morgan fingerprint density at radius 2 is 1.03 bits per heavy atom. The van der Waals surface area contributed by atoms with Crippen LogP contribution >= 0.6 is 0 Å². The second-order valence-corrected chi connectivity index (χ2v) is 27.7. The molecule has 2 saturated heterocycles. The lowest BCUT2D eigenvalue weighted by atomic mass is 9.96. The van der Waals surface area contributed by atoms with Crippen LogP contribution in [0.15, 0.2) is 89.9 Å². The first-order valence-corrected chi connectivity index (χ1v) is 36.5. The lowest BCUT2D eigenvalue weighted by Crippen LogP contribution is -2.61. The zero-order valence-corrected chi connectivity index (χ0v) is 61.9. The number of phenolic OH excluding ortho intramolecular Hbond substituents is 1. The predicted octanol–water partition coefficient (Wildman–Crippen LogP) is -4.14. The lowest BCUT2D eigenvalue weighted by molar-refractivity contribution is -0.148. The van der Waals surface area contributed by atoms with Gasteiger partial charge in [-0.25, -0.2) is 0 Å². The molecule has 13 unspecified atom stereocenters. The summed E-state index contributed by atoms with van der Waals surface area (Å²) in [6.07, 6.45) is 1.36. The van der Waals surface area contributed by atoms with Crippen LogP contribution in [-0.4, -0.2) is 221 Å². The van der Waals surface area contributed by atoms with E-state index in [9.17, 15) is 77.3 Å². The summed E-state index contributed by atoms with van der Waals surface area (Å²) in [4.78, 5) is 201. The minimum atomic E-state index is -1.77. The fourth-order valence-corrected chi connectivity index (χ4v) is 12.4. The summed E-state index contributed by atoms with van der Waals surface area (Å²) in [7, 11) is 0. The molecule has 2 heterocycles. The number of nitrogens with two attached hydrogens (primary N) is 6. The Bertz CT molecular complexity index is 3590. The zero-order valence-electron chi connectivity index (χ0n) is 61.9. The van der Waals surface area contributed by atoms with E-state index in [2.05, 4.69) is 58.2 Å². The summed E-state index contributed by atoms with van der Waals surface area (Å²) < 4.78 is 0. The van der Waals surface area contributed by atoms with Crippen molar-refractivity contribution in [2.45, 2.75) is 203 Å². The number of likely N-dealkylation sites (tertiary alicyclic amines) is 2. The van der Waals surface area contributed by atoms with Gasteiger partial charge in [-0.1, -0.05) is 107 Å². The van der Waals surface area contributed by atoms with Gasteiger partial charge in [0.25, 0.3) is 0 Å². The number of carbonyl (C=O) groups is 14. The molecule has 14 amide bonds. The number of amides is 14. The molecule has 2 fully saturated rings. The van der Waals surface area contributed by atoms with Crippen LogP contribution in [0.3, 0.4) is 0 Å². The van der Waals surface area contributed by atoms with Crippen LogP contribution in [-0.2, 0) is 86.4 Å². The number of aliphatic hydroxyl groups excluding tert-OH is 1. The fourth-order valence-electron chi connectivity index (χ4n) is 12.4. The number of hydrogen-bond donors (Lipinski definition) is 18. The number of aromatic hydroxyl groups is 1. The van der Waals surface area contributed by atoms with Crippen LogP contribution in [0.25, 0.3) is 0 Å². The molecule has 24 N–H and O–H groups in total. The molecule has 5 rings (SSSR count). The van der Waals surface area contributed by atoms with Crippen LogP contribution in [0, 0.1) is 11.8 Å². The Kier molecular flexibility index (Phi) is 36.1. The first-order valence-electron chi connectivity index (χ1n) is 36.5. The third kappa shape index (κ3) is 28.5. The van der Waals surface area contributed by atoms with Gasteiger partial charge in [0.15, 0.2) is 5.96 Å². The Morgan fingerprint density at radius 1 is 0.528 bits per heavy atom. The van der Waals surface area contributed by atoms with Crippen LogP contribution < -0.4 is 87.6 Å².